The van der Waals surface area contributed by atoms with Crippen LogP contribution in [0.25, 0.3) is 28.1 Å². The molecule has 0 radical (unpaired) electrons. The molecule has 8 heteroatoms. The van der Waals surface area contributed by atoms with Crippen molar-refractivity contribution in [2.45, 2.75) is 0 Å². The smallest absolute Gasteiger partial charge is 0.269 e. The van der Waals surface area contributed by atoms with Gasteiger partial charge in [0.2, 0.25) is 5.78 Å². The number of carbonyl (C=O) groups excluding carboxylic acids is 1. The van der Waals surface area contributed by atoms with Crippen LogP contribution in [-0.4, -0.2) is 25.5 Å². The maximum absolute atomic E-state index is 12.8. The van der Waals surface area contributed by atoms with Gasteiger partial charge in [0.05, 0.1) is 4.92 Å². The number of phenolic OH excluding ortho intramolecular Hbond substituents is 2. The predicted octanol–water partition coefficient (Wildman–Crippen LogP) is 4.78. The van der Waals surface area contributed by atoms with Gasteiger partial charge in [-0.15, -0.1) is 0 Å². The lowest BCUT2D eigenvalue weighted by atomic mass is 9.98. The average Bonchev–Trinajstić information content (AvgIpc) is 3.25. The van der Waals surface area contributed by atoms with Crippen LogP contribution in [0, 0.1) is 10.1 Å². The van der Waals surface area contributed by atoms with E-state index >= 15 is 0 Å². The fourth-order valence-corrected chi connectivity index (χ4v) is 4.01. The molecule has 0 bridgehead atoms. The molecular weight excluding hydrogens is 412 g/mol. The number of hydrogen-bond donors (Lipinski definition) is 2. The molecule has 0 amide bonds. The number of carbonyl (C=O) groups is 1. The number of nitro groups is 1. The van der Waals surface area contributed by atoms with Gasteiger partial charge >= 0.3 is 0 Å². The van der Waals surface area contributed by atoms with E-state index in [1.807, 2.05) is 36.0 Å². The number of nitrogens with zero attached hydrogens (tertiary/aromatic N) is 2. The number of rotatable bonds is 3. The molecule has 1 aliphatic heterocycles. The van der Waals surface area contributed by atoms with Crippen LogP contribution in [0.4, 0.5) is 5.69 Å². The number of non-ortho nitro benzene ring substituents is 1. The minimum atomic E-state index is -0.484. The topological polar surface area (TPSA) is 115 Å². The number of phenols is 2. The van der Waals surface area contributed by atoms with Gasteiger partial charge in [0.15, 0.2) is 5.76 Å². The number of hydrogen-bond acceptors (Lipinski definition) is 6. The maximum atomic E-state index is 12.8. The maximum Gasteiger partial charge on any atom is 0.269 e. The monoisotopic (exact) mass is 428 g/mol. The van der Waals surface area contributed by atoms with E-state index in [0.717, 1.165) is 28.1 Å². The second-order valence-corrected chi connectivity index (χ2v) is 7.48. The molecule has 2 heterocycles. The molecule has 0 saturated carbocycles. The van der Waals surface area contributed by atoms with E-state index in [1.165, 1.54) is 18.2 Å². The lowest BCUT2D eigenvalue weighted by Crippen LogP contribution is -1.98. The lowest BCUT2D eigenvalue weighted by molar-refractivity contribution is -0.384. The number of aromatic hydroxyl groups is 2. The average molecular weight is 428 g/mol. The molecule has 158 valence electrons. The molecule has 0 spiro atoms. The number of aryl methyl sites for hydroxylation is 1. The lowest BCUT2D eigenvalue weighted by Gasteiger charge is -2.06. The molecule has 32 heavy (non-hydrogen) atoms. The van der Waals surface area contributed by atoms with Gasteiger partial charge in [-0.1, -0.05) is 12.1 Å². The van der Waals surface area contributed by atoms with Gasteiger partial charge < -0.3 is 19.5 Å². The molecule has 0 aliphatic carbocycles. The Bertz CT molecular complexity index is 1460. The molecule has 0 fully saturated rings. The summed E-state index contributed by atoms with van der Waals surface area (Å²) in [6, 6.07) is 14.4. The minimum Gasteiger partial charge on any atom is -0.508 e. The van der Waals surface area contributed by atoms with Crippen molar-refractivity contribution in [1.29, 1.82) is 0 Å². The summed E-state index contributed by atoms with van der Waals surface area (Å²) in [6.07, 6.45) is 3.44. The van der Waals surface area contributed by atoms with E-state index < -0.39 is 10.7 Å². The van der Waals surface area contributed by atoms with E-state index in [4.69, 9.17) is 4.74 Å². The second kappa shape index (κ2) is 6.98. The fraction of sp³-hybridized carbons (Fsp3) is 0.0417. The SMILES string of the molecule is Cn1cc(/C=C2\Oc3cc(O)cc(O)c3C2=O)c2c(-c3ccc([N+](=O)[O-])cc3)cccc21. The highest BCUT2D eigenvalue weighted by Crippen LogP contribution is 2.41. The van der Waals surface area contributed by atoms with Crippen LogP contribution in [0.1, 0.15) is 15.9 Å². The van der Waals surface area contributed by atoms with Crippen LogP contribution in [-0.2, 0) is 7.05 Å². The quantitative estimate of drug-likeness (QED) is 0.276. The fourth-order valence-electron chi connectivity index (χ4n) is 4.01. The van der Waals surface area contributed by atoms with Gasteiger partial charge in [0.1, 0.15) is 22.8 Å². The van der Waals surface area contributed by atoms with Crippen molar-refractivity contribution in [3.8, 4) is 28.4 Å². The zero-order chi connectivity index (χ0) is 22.6. The molecule has 0 saturated heterocycles. The van der Waals surface area contributed by atoms with E-state index in [1.54, 1.807) is 18.2 Å². The highest BCUT2D eigenvalue weighted by atomic mass is 16.6. The Morgan fingerprint density at radius 2 is 1.84 bits per heavy atom. The first kappa shape index (κ1) is 19.4. The van der Waals surface area contributed by atoms with E-state index in [0.29, 0.717) is 5.56 Å². The number of ether oxygens (including phenoxy) is 1. The molecule has 5 rings (SSSR count). The van der Waals surface area contributed by atoms with Crippen LogP contribution in [0.15, 0.2) is 66.6 Å². The summed E-state index contributed by atoms with van der Waals surface area (Å²) >= 11 is 0. The van der Waals surface area contributed by atoms with Crippen LogP contribution in [0.3, 0.4) is 0 Å². The Balaban J connectivity index is 1.65. The molecule has 8 nitrogen and oxygen atoms in total. The Morgan fingerprint density at radius 1 is 1.09 bits per heavy atom. The third kappa shape index (κ3) is 2.97. The van der Waals surface area contributed by atoms with Crippen molar-refractivity contribution >= 4 is 28.4 Å². The Labute approximate surface area is 181 Å². The van der Waals surface area contributed by atoms with Gasteiger partial charge in [-0.2, -0.15) is 0 Å². The zero-order valence-corrected chi connectivity index (χ0v) is 16.8. The largest absolute Gasteiger partial charge is 0.508 e. The minimum absolute atomic E-state index is 0.00195. The highest BCUT2D eigenvalue weighted by Gasteiger charge is 2.31. The van der Waals surface area contributed by atoms with Gasteiger partial charge in [-0.25, -0.2) is 0 Å². The summed E-state index contributed by atoms with van der Waals surface area (Å²) < 4.78 is 7.55. The van der Waals surface area contributed by atoms with Gasteiger partial charge in [0.25, 0.3) is 5.69 Å². The molecular formula is C24H16N2O6. The number of allylic oxidation sites excluding steroid dienone is 1. The number of fused-ring (bicyclic) bond motifs is 2. The highest BCUT2D eigenvalue weighted by molar-refractivity contribution is 6.17. The Hall–Kier alpha value is -4.59. The number of aromatic nitrogens is 1. The van der Waals surface area contributed by atoms with Crippen molar-refractivity contribution in [3.63, 3.8) is 0 Å². The molecule has 4 aromatic rings. The zero-order valence-electron chi connectivity index (χ0n) is 16.8. The molecule has 3 aromatic carbocycles. The van der Waals surface area contributed by atoms with Crippen LogP contribution >= 0.6 is 0 Å². The summed E-state index contributed by atoms with van der Waals surface area (Å²) in [5.74, 6) is -0.928. The first-order chi connectivity index (χ1) is 15.3. The molecule has 0 unspecified atom stereocenters. The van der Waals surface area contributed by atoms with Crippen molar-refractivity contribution in [1.82, 2.24) is 4.57 Å². The third-order valence-corrected chi connectivity index (χ3v) is 5.46. The van der Waals surface area contributed by atoms with Gasteiger partial charge in [0, 0.05) is 54.0 Å². The van der Waals surface area contributed by atoms with Gasteiger partial charge in [-0.05, 0) is 35.4 Å². The number of Topliss-reactive ketones (excluding diaryl/α,β-unsaturated/α-hetero) is 1. The van der Waals surface area contributed by atoms with Crippen molar-refractivity contribution in [2.75, 3.05) is 0 Å². The summed E-state index contributed by atoms with van der Waals surface area (Å²) in [4.78, 5) is 23.4. The molecule has 0 atom stereocenters. The van der Waals surface area contributed by atoms with Crippen LogP contribution in [0.5, 0.6) is 17.2 Å². The summed E-state index contributed by atoms with van der Waals surface area (Å²) in [6.45, 7) is 0. The van der Waals surface area contributed by atoms with Crippen molar-refractivity contribution in [2.24, 2.45) is 7.05 Å². The Morgan fingerprint density at radius 3 is 2.56 bits per heavy atom. The first-order valence-electron chi connectivity index (χ1n) is 9.66. The van der Waals surface area contributed by atoms with Crippen LogP contribution in [0.2, 0.25) is 0 Å². The normalized spacial score (nSPS) is 14.0. The number of benzene rings is 3. The first-order valence-corrected chi connectivity index (χ1v) is 9.66. The van der Waals surface area contributed by atoms with E-state index in [-0.39, 0.29) is 34.3 Å². The van der Waals surface area contributed by atoms with E-state index in [9.17, 15) is 25.1 Å². The molecule has 1 aliphatic rings. The standard InChI is InChI=1S/C24H16N2O6/c1-25-12-14(9-21-24(29)23-19(28)10-16(27)11-20(23)32-21)22-17(3-2-4-18(22)25)13-5-7-15(8-6-13)26(30)31/h2-12,27-28H,1H3/b21-9-. The van der Waals surface area contributed by atoms with Crippen LogP contribution < -0.4 is 4.74 Å². The third-order valence-electron chi connectivity index (χ3n) is 5.46. The van der Waals surface area contributed by atoms with Gasteiger partial charge in [-0.3, -0.25) is 14.9 Å². The van der Waals surface area contributed by atoms with Crippen molar-refractivity contribution in [3.05, 3.63) is 87.8 Å². The predicted molar refractivity (Wildman–Crippen MR) is 118 cm³/mol. The molecule has 2 N–H and O–H groups in total. The summed E-state index contributed by atoms with van der Waals surface area (Å²) in [5.41, 5.74) is 3.24. The number of nitro benzene ring substituents is 1. The molecule has 1 aromatic heterocycles. The van der Waals surface area contributed by atoms with E-state index in [2.05, 4.69) is 0 Å². The second-order valence-electron chi connectivity index (χ2n) is 7.48. The number of ketones is 1. The Kier molecular flexibility index (Phi) is 4.23. The van der Waals surface area contributed by atoms with Crippen molar-refractivity contribution < 1.29 is 24.7 Å². The summed E-state index contributed by atoms with van der Waals surface area (Å²) in [5, 5.41) is 31.6. The summed E-state index contributed by atoms with van der Waals surface area (Å²) in [7, 11) is 1.87.